The van der Waals surface area contributed by atoms with Crippen molar-refractivity contribution in [3.8, 4) is 0 Å². The first-order chi connectivity index (χ1) is 10.5. The van der Waals surface area contributed by atoms with Crippen molar-refractivity contribution >= 4 is 23.2 Å². The van der Waals surface area contributed by atoms with Gasteiger partial charge in [0.15, 0.2) is 0 Å². The lowest BCUT2D eigenvalue weighted by Gasteiger charge is -2.15. The van der Waals surface area contributed by atoms with E-state index >= 15 is 0 Å². The molecule has 1 rings (SSSR count). The van der Waals surface area contributed by atoms with E-state index in [0.717, 1.165) is 12.0 Å². The van der Waals surface area contributed by atoms with Crippen LogP contribution in [0.5, 0.6) is 0 Å². The Bertz CT molecular complexity index is 513. The smallest absolute Gasteiger partial charge is 0.227 e. The van der Waals surface area contributed by atoms with Gasteiger partial charge in [0.05, 0.1) is 12.5 Å². The molecule has 1 unspecified atom stereocenters. The summed E-state index contributed by atoms with van der Waals surface area (Å²) in [5.41, 5.74) is 7.71. The molecule has 2 amide bonds. The fraction of sp³-hybridized carbons (Fsp3) is 0.500. The van der Waals surface area contributed by atoms with E-state index in [2.05, 4.69) is 10.6 Å². The van der Waals surface area contributed by atoms with E-state index in [9.17, 15) is 9.59 Å². The largest absolute Gasteiger partial charge is 0.380 e. The Morgan fingerprint density at radius 3 is 2.32 bits per heavy atom. The number of carbonyl (C=O) groups excluding carboxylic acids is 2. The van der Waals surface area contributed by atoms with Gasteiger partial charge in [-0.25, -0.2) is 0 Å². The van der Waals surface area contributed by atoms with Gasteiger partial charge < -0.3 is 21.1 Å². The maximum Gasteiger partial charge on any atom is 0.227 e. The molecule has 22 heavy (non-hydrogen) atoms. The zero-order chi connectivity index (χ0) is 16.5. The minimum Gasteiger partial charge on any atom is -0.380 e. The van der Waals surface area contributed by atoms with Crippen LogP contribution in [-0.4, -0.2) is 31.6 Å². The second kappa shape index (κ2) is 9.17. The third-order valence-corrected chi connectivity index (χ3v) is 3.37. The lowest BCUT2D eigenvalue weighted by molar-refractivity contribution is -0.118. The molecule has 6 heteroatoms. The first-order valence-electron chi connectivity index (χ1n) is 7.44. The number of methoxy groups -OCH3 is 1. The lowest BCUT2D eigenvalue weighted by atomic mass is 10.1. The van der Waals surface area contributed by atoms with Crippen LogP contribution in [0.15, 0.2) is 18.2 Å². The number of nitrogens with one attached hydrogen (secondary N) is 2. The SMILES string of the molecule is CCCC(=O)Nc1cccc(NC(=O)CC(CN)OC)c1C. The van der Waals surface area contributed by atoms with Crippen molar-refractivity contribution in [2.75, 3.05) is 24.3 Å². The molecule has 0 spiro atoms. The third-order valence-electron chi connectivity index (χ3n) is 3.37. The number of nitrogens with two attached hydrogens (primary N) is 1. The van der Waals surface area contributed by atoms with Crippen LogP contribution in [0.2, 0.25) is 0 Å². The van der Waals surface area contributed by atoms with Gasteiger partial charge in [0.2, 0.25) is 11.8 Å². The highest BCUT2D eigenvalue weighted by atomic mass is 16.5. The molecule has 6 nitrogen and oxygen atoms in total. The summed E-state index contributed by atoms with van der Waals surface area (Å²) in [6.07, 6.45) is 1.16. The fourth-order valence-corrected chi connectivity index (χ4v) is 2.02. The Hall–Kier alpha value is -1.92. The summed E-state index contributed by atoms with van der Waals surface area (Å²) in [5, 5.41) is 5.68. The van der Waals surface area contributed by atoms with Gasteiger partial charge in [-0.15, -0.1) is 0 Å². The molecule has 0 bridgehead atoms. The van der Waals surface area contributed by atoms with Crippen molar-refractivity contribution in [1.29, 1.82) is 0 Å². The molecule has 0 aromatic heterocycles. The number of rotatable bonds is 8. The fourth-order valence-electron chi connectivity index (χ4n) is 2.02. The quantitative estimate of drug-likeness (QED) is 0.685. The zero-order valence-electron chi connectivity index (χ0n) is 13.4. The molecule has 0 fully saturated rings. The highest BCUT2D eigenvalue weighted by Gasteiger charge is 2.13. The molecule has 0 aliphatic rings. The van der Waals surface area contributed by atoms with Gasteiger partial charge in [-0.1, -0.05) is 13.0 Å². The van der Waals surface area contributed by atoms with Gasteiger partial charge in [0, 0.05) is 31.5 Å². The number of ether oxygens (including phenoxy) is 1. The van der Waals surface area contributed by atoms with Crippen LogP contribution >= 0.6 is 0 Å². The standard InChI is InChI=1S/C16H25N3O3/c1-4-6-15(20)18-13-7-5-8-14(11(13)2)19-16(21)9-12(10-17)22-3/h5,7-8,12H,4,6,9-10,17H2,1-3H3,(H,18,20)(H,19,21). The molecule has 0 aliphatic heterocycles. The minimum absolute atomic E-state index is 0.0309. The molecule has 122 valence electrons. The van der Waals surface area contributed by atoms with E-state index in [1.165, 1.54) is 7.11 Å². The van der Waals surface area contributed by atoms with Crippen molar-refractivity contribution in [2.45, 2.75) is 39.2 Å². The lowest BCUT2D eigenvalue weighted by Crippen LogP contribution is -2.28. The molecule has 1 aromatic rings. The van der Waals surface area contributed by atoms with Crippen LogP contribution in [0.4, 0.5) is 11.4 Å². The van der Waals surface area contributed by atoms with Crippen molar-refractivity contribution in [1.82, 2.24) is 0 Å². The summed E-state index contributed by atoms with van der Waals surface area (Å²) >= 11 is 0. The predicted octanol–water partition coefficient (Wildman–Crippen LogP) is 2.04. The van der Waals surface area contributed by atoms with Crippen molar-refractivity contribution in [3.63, 3.8) is 0 Å². The molecule has 0 radical (unpaired) electrons. The summed E-state index contributed by atoms with van der Waals surface area (Å²) < 4.78 is 5.10. The molecule has 0 heterocycles. The topological polar surface area (TPSA) is 93.5 Å². The Morgan fingerprint density at radius 2 is 1.82 bits per heavy atom. The van der Waals surface area contributed by atoms with Crippen LogP contribution in [0.1, 0.15) is 31.7 Å². The summed E-state index contributed by atoms with van der Waals surface area (Å²) in [5.74, 6) is -0.200. The van der Waals surface area contributed by atoms with E-state index in [4.69, 9.17) is 10.5 Å². The maximum atomic E-state index is 12.0. The number of hydrogen-bond acceptors (Lipinski definition) is 4. The normalized spacial score (nSPS) is 11.8. The van der Waals surface area contributed by atoms with Crippen molar-refractivity contribution in [3.05, 3.63) is 23.8 Å². The second-order valence-corrected chi connectivity index (χ2v) is 5.12. The Balaban J connectivity index is 2.75. The Morgan fingerprint density at radius 1 is 1.23 bits per heavy atom. The molecular weight excluding hydrogens is 282 g/mol. The molecule has 1 atom stereocenters. The van der Waals surface area contributed by atoms with Gasteiger partial charge in [-0.05, 0) is 31.0 Å². The highest BCUT2D eigenvalue weighted by Crippen LogP contribution is 2.23. The van der Waals surface area contributed by atoms with E-state index < -0.39 is 0 Å². The van der Waals surface area contributed by atoms with E-state index in [1.807, 2.05) is 19.9 Å². The highest BCUT2D eigenvalue weighted by molar-refractivity contribution is 5.95. The molecule has 0 saturated carbocycles. The average molecular weight is 307 g/mol. The summed E-state index contributed by atoms with van der Waals surface area (Å²) in [7, 11) is 1.53. The molecule has 4 N–H and O–H groups in total. The van der Waals surface area contributed by atoms with Crippen LogP contribution in [0, 0.1) is 6.92 Å². The number of carbonyl (C=O) groups is 2. The second-order valence-electron chi connectivity index (χ2n) is 5.12. The van der Waals surface area contributed by atoms with E-state index in [0.29, 0.717) is 17.8 Å². The number of anilines is 2. The number of amides is 2. The van der Waals surface area contributed by atoms with Crippen molar-refractivity contribution < 1.29 is 14.3 Å². The first kappa shape index (κ1) is 18.1. The monoisotopic (exact) mass is 307 g/mol. The van der Waals surface area contributed by atoms with Crippen molar-refractivity contribution in [2.24, 2.45) is 5.73 Å². The minimum atomic E-state index is -0.298. The molecule has 0 saturated heterocycles. The number of benzene rings is 1. The Kier molecular flexibility index (Phi) is 7.56. The van der Waals surface area contributed by atoms with Gasteiger partial charge in [0.1, 0.15) is 0 Å². The van der Waals surface area contributed by atoms with Crippen LogP contribution in [0.25, 0.3) is 0 Å². The predicted molar refractivity (Wildman–Crippen MR) is 87.8 cm³/mol. The summed E-state index contributed by atoms with van der Waals surface area (Å²) in [4.78, 5) is 23.7. The van der Waals surface area contributed by atoms with Gasteiger partial charge in [-0.2, -0.15) is 0 Å². The summed E-state index contributed by atoms with van der Waals surface area (Å²) in [6, 6.07) is 5.41. The average Bonchev–Trinajstić information content (AvgIpc) is 2.49. The number of hydrogen-bond donors (Lipinski definition) is 3. The van der Waals surface area contributed by atoms with Gasteiger partial charge >= 0.3 is 0 Å². The van der Waals surface area contributed by atoms with E-state index in [-0.39, 0.29) is 30.9 Å². The molecule has 0 aliphatic carbocycles. The van der Waals surface area contributed by atoms with Crippen LogP contribution in [-0.2, 0) is 14.3 Å². The van der Waals surface area contributed by atoms with Crippen LogP contribution < -0.4 is 16.4 Å². The summed E-state index contributed by atoms with van der Waals surface area (Å²) in [6.45, 7) is 4.09. The first-order valence-corrected chi connectivity index (χ1v) is 7.44. The zero-order valence-corrected chi connectivity index (χ0v) is 13.4. The van der Waals surface area contributed by atoms with Crippen LogP contribution in [0.3, 0.4) is 0 Å². The molecular formula is C16H25N3O3. The Labute approximate surface area is 131 Å². The third kappa shape index (κ3) is 5.46. The van der Waals surface area contributed by atoms with Gasteiger partial charge in [0.25, 0.3) is 0 Å². The molecule has 1 aromatic carbocycles. The van der Waals surface area contributed by atoms with Gasteiger partial charge in [-0.3, -0.25) is 9.59 Å². The maximum absolute atomic E-state index is 12.0. The van der Waals surface area contributed by atoms with E-state index in [1.54, 1.807) is 12.1 Å².